The molecule has 2 N–H and O–H groups in total. The molecule has 1 amide bonds. The zero-order valence-corrected chi connectivity index (χ0v) is 20.7. The monoisotopic (exact) mass is 501 g/mol. The normalized spacial score (nSPS) is 22.3. The van der Waals surface area contributed by atoms with Crippen molar-refractivity contribution in [2.75, 3.05) is 12.4 Å². The molecule has 0 aromatic carbocycles. The number of nitrogens with one attached hydrogen (secondary N) is 2. The van der Waals surface area contributed by atoms with Gasteiger partial charge in [0, 0.05) is 67.2 Å². The molecular weight excluding hydrogens is 471 g/mol. The van der Waals surface area contributed by atoms with Crippen LogP contribution in [-0.2, 0) is 10.2 Å². The van der Waals surface area contributed by atoms with Crippen LogP contribution in [0.1, 0.15) is 68.2 Å². The molecule has 3 heterocycles. The van der Waals surface area contributed by atoms with Gasteiger partial charge in [-0.05, 0) is 25.0 Å². The average Bonchev–Trinajstić information content (AvgIpc) is 2.84. The predicted molar refractivity (Wildman–Crippen MR) is 130 cm³/mol. The van der Waals surface area contributed by atoms with E-state index in [4.69, 9.17) is 4.74 Å². The minimum Gasteiger partial charge on any atom is -0.357 e. The van der Waals surface area contributed by atoms with Crippen LogP contribution in [0.2, 0.25) is 0 Å². The maximum Gasteiger partial charge on any atom is 0.258 e. The van der Waals surface area contributed by atoms with E-state index >= 15 is 0 Å². The highest BCUT2D eigenvalue weighted by atomic mass is 19.3. The lowest BCUT2D eigenvalue weighted by atomic mass is 9.74. The number of dihydropyridines is 1. The molecule has 10 heteroatoms. The number of aromatic nitrogens is 3. The summed E-state index contributed by atoms with van der Waals surface area (Å²) in [7, 11) is 1.46. The summed E-state index contributed by atoms with van der Waals surface area (Å²) in [6, 6.07) is 1.63. The Balaban J connectivity index is 1.67. The highest BCUT2D eigenvalue weighted by molar-refractivity contribution is 6.05. The van der Waals surface area contributed by atoms with Gasteiger partial charge in [0.25, 0.3) is 5.91 Å². The highest BCUT2D eigenvalue weighted by Crippen LogP contribution is 2.48. The SMILES string of the molecule is COC1(C2CCC(F)(F)CC2)NC=C(F)C=C1c1ccncc1NC(=O)c1cnc(C(C)(C)C)nc1. The quantitative estimate of drug-likeness (QED) is 0.571. The zero-order chi connectivity index (χ0) is 26.1. The van der Waals surface area contributed by atoms with E-state index in [1.807, 2.05) is 20.8 Å². The van der Waals surface area contributed by atoms with Gasteiger partial charge in [0.2, 0.25) is 5.92 Å². The second-order valence-corrected chi connectivity index (χ2v) is 10.2. The van der Waals surface area contributed by atoms with Crippen molar-refractivity contribution >= 4 is 17.2 Å². The number of hydrogen-bond donors (Lipinski definition) is 2. The Morgan fingerprint density at radius 3 is 2.44 bits per heavy atom. The number of carbonyl (C=O) groups excluding carboxylic acids is 1. The fourth-order valence-corrected chi connectivity index (χ4v) is 4.69. The number of halogens is 3. The molecule has 36 heavy (non-hydrogen) atoms. The molecule has 1 unspecified atom stereocenters. The van der Waals surface area contributed by atoms with Crippen LogP contribution in [0.5, 0.6) is 0 Å². The number of amides is 1. The van der Waals surface area contributed by atoms with Crippen molar-refractivity contribution in [3.8, 4) is 0 Å². The number of rotatable bonds is 5. The molecule has 0 bridgehead atoms. The van der Waals surface area contributed by atoms with Crippen molar-refractivity contribution in [3.63, 3.8) is 0 Å². The molecule has 1 saturated carbocycles. The first-order valence-electron chi connectivity index (χ1n) is 11.8. The van der Waals surface area contributed by atoms with Crippen LogP contribution in [0.25, 0.3) is 5.57 Å². The van der Waals surface area contributed by atoms with Gasteiger partial charge >= 0.3 is 0 Å². The van der Waals surface area contributed by atoms with Crippen molar-refractivity contribution in [2.24, 2.45) is 5.92 Å². The minimum absolute atomic E-state index is 0.185. The van der Waals surface area contributed by atoms with Gasteiger partial charge in [-0.3, -0.25) is 9.78 Å². The van der Waals surface area contributed by atoms with E-state index in [1.165, 1.54) is 44.2 Å². The Kier molecular flexibility index (Phi) is 6.92. The third-order valence-corrected chi connectivity index (χ3v) is 6.67. The molecule has 2 aromatic heterocycles. The lowest BCUT2D eigenvalue weighted by molar-refractivity contribution is -0.0944. The van der Waals surface area contributed by atoms with E-state index in [0.717, 1.165) is 0 Å². The molecule has 0 saturated heterocycles. The van der Waals surface area contributed by atoms with Crippen LogP contribution in [0.15, 0.2) is 49.0 Å². The summed E-state index contributed by atoms with van der Waals surface area (Å²) in [6.45, 7) is 5.91. The maximum absolute atomic E-state index is 14.5. The summed E-state index contributed by atoms with van der Waals surface area (Å²) in [5, 5.41) is 5.79. The summed E-state index contributed by atoms with van der Waals surface area (Å²) >= 11 is 0. The first-order valence-corrected chi connectivity index (χ1v) is 11.8. The van der Waals surface area contributed by atoms with E-state index in [9.17, 15) is 18.0 Å². The van der Waals surface area contributed by atoms with Crippen molar-refractivity contribution in [1.82, 2.24) is 20.3 Å². The van der Waals surface area contributed by atoms with E-state index in [-0.39, 0.29) is 42.6 Å². The molecule has 0 spiro atoms. The molecule has 1 aliphatic heterocycles. The van der Waals surface area contributed by atoms with Gasteiger partial charge in [-0.1, -0.05) is 20.8 Å². The summed E-state index contributed by atoms with van der Waals surface area (Å²) in [4.78, 5) is 25.7. The van der Waals surface area contributed by atoms with Crippen molar-refractivity contribution in [3.05, 3.63) is 65.9 Å². The largest absolute Gasteiger partial charge is 0.357 e. The zero-order valence-electron chi connectivity index (χ0n) is 20.7. The van der Waals surface area contributed by atoms with Crippen LogP contribution < -0.4 is 10.6 Å². The minimum atomic E-state index is -2.73. The molecule has 1 aliphatic carbocycles. The molecule has 4 rings (SSSR count). The number of alkyl halides is 2. The predicted octanol–water partition coefficient (Wildman–Crippen LogP) is 5.39. The molecular formula is C26H30F3N5O2. The van der Waals surface area contributed by atoms with Crippen LogP contribution in [-0.4, -0.2) is 39.6 Å². The Morgan fingerprint density at radius 2 is 1.83 bits per heavy atom. The van der Waals surface area contributed by atoms with Crippen molar-refractivity contribution in [2.45, 2.75) is 63.5 Å². The van der Waals surface area contributed by atoms with E-state index in [2.05, 4.69) is 25.6 Å². The van der Waals surface area contributed by atoms with Gasteiger partial charge in [0.15, 0.2) is 5.72 Å². The maximum atomic E-state index is 14.5. The Labute approximate surface area is 208 Å². The number of methoxy groups -OCH3 is 1. The van der Waals surface area contributed by atoms with Gasteiger partial charge < -0.3 is 15.4 Å². The molecule has 7 nitrogen and oxygen atoms in total. The van der Waals surface area contributed by atoms with Crippen molar-refractivity contribution in [1.29, 1.82) is 0 Å². The second-order valence-electron chi connectivity index (χ2n) is 10.2. The molecule has 1 fully saturated rings. The lowest BCUT2D eigenvalue weighted by Gasteiger charge is -2.46. The Morgan fingerprint density at radius 1 is 1.17 bits per heavy atom. The number of nitrogens with zero attached hydrogens (tertiary/aromatic N) is 3. The first-order chi connectivity index (χ1) is 16.9. The molecule has 2 aromatic rings. The van der Waals surface area contributed by atoms with Gasteiger partial charge in [-0.25, -0.2) is 23.1 Å². The molecule has 2 aliphatic rings. The molecule has 192 valence electrons. The van der Waals surface area contributed by atoms with Crippen LogP contribution in [0, 0.1) is 5.92 Å². The first kappa shape index (κ1) is 25.8. The van der Waals surface area contributed by atoms with Gasteiger partial charge in [0.05, 0.1) is 17.4 Å². The molecule has 0 radical (unpaired) electrons. The summed E-state index contributed by atoms with van der Waals surface area (Å²) in [6.07, 6.45) is 8.14. The van der Waals surface area contributed by atoms with E-state index in [1.54, 1.807) is 6.07 Å². The summed E-state index contributed by atoms with van der Waals surface area (Å²) in [5.74, 6) is -3.51. The number of carbonyl (C=O) groups is 1. The fourth-order valence-electron chi connectivity index (χ4n) is 4.69. The Hall–Kier alpha value is -3.27. The third kappa shape index (κ3) is 5.13. The summed E-state index contributed by atoms with van der Waals surface area (Å²) in [5.41, 5.74) is -0.127. The van der Waals surface area contributed by atoms with Gasteiger partial charge in [0.1, 0.15) is 11.7 Å². The topological polar surface area (TPSA) is 89.0 Å². The number of hydrogen-bond acceptors (Lipinski definition) is 6. The molecule has 1 atom stereocenters. The van der Waals surface area contributed by atoms with Crippen LogP contribution >= 0.6 is 0 Å². The fraction of sp³-hybridized carbons (Fsp3) is 0.462. The van der Waals surface area contributed by atoms with Gasteiger partial charge in [-0.15, -0.1) is 0 Å². The van der Waals surface area contributed by atoms with Crippen LogP contribution in [0.3, 0.4) is 0 Å². The lowest BCUT2D eigenvalue weighted by Crippen LogP contribution is -2.54. The average molecular weight is 502 g/mol. The number of anilines is 1. The smallest absolute Gasteiger partial charge is 0.258 e. The standard InChI is InChI=1S/C26H30F3N5O2/c1-24(2,3)23-31-12-16(13-32-23)22(35)34-21-15-30-10-7-19(21)20-11-18(27)14-33-26(20,36-4)17-5-8-25(28,29)9-6-17/h7,10-15,17,33H,5-6,8-9H2,1-4H3,(H,34,35). The van der Waals surface area contributed by atoms with E-state index < -0.39 is 23.4 Å². The highest BCUT2D eigenvalue weighted by Gasteiger charge is 2.49. The summed E-state index contributed by atoms with van der Waals surface area (Å²) < 4.78 is 48.2. The van der Waals surface area contributed by atoms with E-state index in [0.29, 0.717) is 22.6 Å². The third-order valence-electron chi connectivity index (χ3n) is 6.67. The van der Waals surface area contributed by atoms with Gasteiger partial charge in [-0.2, -0.15) is 0 Å². The number of ether oxygens (including phenoxy) is 1. The Bertz CT molecular complexity index is 1180. The number of pyridine rings is 1. The number of allylic oxidation sites excluding steroid dienone is 2. The van der Waals surface area contributed by atoms with Crippen molar-refractivity contribution < 1.29 is 22.7 Å². The van der Waals surface area contributed by atoms with Crippen LogP contribution in [0.4, 0.5) is 18.9 Å². The second kappa shape index (κ2) is 9.65.